The van der Waals surface area contributed by atoms with E-state index in [2.05, 4.69) is 26.2 Å². The molecule has 1 amide bonds. The number of hydrogen-bond donors (Lipinski definition) is 2. The highest BCUT2D eigenvalue weighted by Crippen LogP contribution is 2.31. The van der Waals surface area contributed by atoms with E-state index < -0.39 is 17.3 Å². The summed E-state index contributed by atoms with van der Waals surface area (Å²) in [7, 11) is 0. The first-order chi connectivity index (χ1) is 9.00. The van der Waals surface area contributed by atoms with Gasteiger partial charge in [0, 0.05) is 6.54 Å². The summed E-state index contributed by atoms with van der Waals surface area (Å²) in [5.41, 5.74) is -0.151. The molecule has 8 heteroatoms. The summed E-state index contributed by atoms with van der Waals surface area (Å²) in [4.78, 5) is 39.4. The maximum absolute atomic E-state index is 12.5. The first kappa shape index (κ1) is 12.6. The number of hydrogen-bond acceptors (Lipinski definition) is 4. The van der Waals surface area contributed by atoms with Crippen molar-refractivity contribution in [2.24, 2.45) is 0 Å². The smallest absolute Gasteiger partial charge is 0.330 e. The van der Waals surface area contributed by atoms with Crippen LogP contribution in [0.5, 0.6) is 0 Å². The third-order valence-corrected chi connectivity index (χ3v) is 5.37. The minimum absolute atomic E-state index is 0.279. The summed E-state index contributed by atoms with van der Waals surface area (Å²) in [5, 5.41) is 3.10. The molecule has 1 fully saturated rings. The summed E-state index contributed by atoms with van der Waals surface area (Å²) in [5.74, 6) is -0.279. The van der Waals surface area contributed by atoms with E-state index in [9.17, 15) is 14.4 Å². The van der Waals surface area contributed by atoms with Crippen LogP contribution >= 0.6 is 27.3 Å². The number of halogens is 1. The van der Waals surface area contributed by atoms with Gasteiger partial charge < -0.3 is 5.32 Å². The van der Waals surface area contributed by atoms with Gasteiger partial charge in [-0.3, -0.25) is 14.6 Å². The van der Waals surface area contributed by atoms with E-state index in [1.807, 2.05) is 6.92 Å². The molecule has 3 rings (SSSR count). The summed E-state index contributed by atoms with van der Waals surface area (Å²) in [6.45, 7) is 2.29. The number of amides is 1. The van der Waals surface area contributed by atoms with Crippen molar-refractivity contribution in [3.05, 3.63) is 30.2 Å². The Bertz CT molecular complexity index is 804. The minimum Gasteiger partial charge on any atom is -0.354 e. The summed E-state index contributed by atoms with van der Waals surface area (Å²) in [6.07, 6.45) is 0.456. The van der Waals surface area contributed by atoms with Crippen LogP contribution in [0.1, 0.15) is 18.0 Å². The predicted molar refractivity (Wildman–Crippen MR) is 75.8 cm³/mol. The lowest BCUT2D eigenvalue weighted by Crippen LogP contribution is -2.40. The molecule has 1 aliphatic rings. The molecule has 100 valence electrons. The van der Waals surface area contributed by atoms with E-state index in [0.717, 1.165) is 13.9 Å². The fourth-order valence-electron chi connectivity index (χ4n) is 2.31. The Kier molecular flexibility index (Phi) is 2.86. The van der Waals surface area contributed by atoms with Crippen LogP contribution in [-0.2, 0) is 4.79 Å². The number of aromatic amines is 1. The quantitative estimate of drug-likeness (QED) is 0.806. The van der Waals surface area contributed by atoms with Gasteiger partial charge in [-0.2, -0.15) is 0 Å². The summed E-state index contributed by atoms with van der Waals surface area (Å²) in [6, 6.07) is -0.710. The first-order valence-corrected chi connectivity index (χ1v) is 7.32. The normalized spacial score (nSPS) is 19.1. The van der Waals surface area contributed by atoms with Gasteiger partial charge in [0.1, 0.15) is 10.9 Å². The number of fused-ring (bicyclic) bond motifs is 1. The monoisotopic (exact) mass is 343 g/mol. The number of aromatic nitrogens is 2. The predicted octanol–water partition coefficient (Wildman–Crippen LogP) is 0.883. The Balaban J connectivity index is 2.37. The number of aryl methyl sites for hydroxylation is 1. The minimum atomic E-state index is -0.710. The summed E-state index contributed by atoms with van der Waals surface area (Å²) >= 11 is 4.66. The zero-order valence-corrected chi connectivity index (χ0v) is 12.4. The Morgan fingerprint density at radius 2 is 2.11 bits per heavy atom. The average molecular weight is 344 g/mol. The van der Waals surface area contributed by atoms with Crippen molar-refractivity contribution in [3.63, 3.8) is 0 Å². The molecule has 2 aromatic rings. The molecular formula is C11H10BrN3O3S. The van der Waals surface area contributed by atoms with Crippen molar-refractivity contribution in [2.75, 3.05) is 6.54 Å². The Morgan fingerprint density at radius 3 is 2.74 bits per heavy atom. The molecule has 0 radical (unpaired) electrons. The largest absolute Gasteiger partial charge is 0.354 e. The molecular weight excluding hydrogens is 334 g/mol. The van der Waals surface area contributed by atoms with E-state index in [1.165, 1.54) is 11.3 Å². The van der Waals surface area contributed by atoms with Gasteiger partial charge in [0.2, 0.25) is 5.91 Å². The molecule has 19 heavy (non-hydrogen) atoms. The van der Waals surface area contributed by atoms with Crippen LogP contribution in [0.25, 0.3) is 10.2 Å². The number of thiophene rings is 1. The Labute approximate surface area is 119 Å². The molecule has 6 nitrogen and oxygen atoms in total. The van der Waals surface area contributed by atoms with Gasteiger partial charge in [0.05, 0.1) is 9.17 Å². The highest BCUT2D eigenvalue weighted by Gasteiger charge is 2.29. The standard InChI is InChI=1S/C11H10BrN3O3S/c1-4-6-9(19-7(4)12)14-11(18)15(10(6)17)5-2-3-13-8(5)16/h5H,2-3H2,1H3,(H,13,16)(H,14,18). The van der Waals surface area contributed by atoms with Gasteiger partial charge in [-0.1, -0.05) is 0 Å². The zero-order valence-electron chi connectivity index (χ0n) is 9.95. The van der Waals surface area contributed by atoms with Crippen LogP contribution in [0.15, 0.2) is 13.4 Å². The van der Waals surface area contributed by atoms with Crippen molar-refractivity contribution in [1.82, 2.24) is 14.9 Å². The molecule has 3 heterocycles. The van der Waals surface area contributed by atoms with Gasteiger partial charge in [0.15, 0.2) is 0 Å². The second kappa shape index (κ2) is 4.31. The van der Waals surface area contributed by atoms with Crippen LogP contribution in [0.4, 0.5) is 0 Å². The van der Waals surface area contributed by atoms with Crippen molar-refractivity contribution in [3.8, 4) is 0 Å². The molecule has 2 aromatic heterocycles. The number of H-pyrrole nitrogens is 1. The maximum Gasteiger partial charge on any atom is 0.330 e. The van der Waals surface area contributed by atoms with E-state index in [1.54, 1.807) is 0 Å². The van der Waals surface area contributed by atoms with Crippen molar-refractivity contribution in [2.45, 2.75) is 19.4 Å². The molecule has 1 aliphatic heterocycles. The number of carbonyl (C=O) groups is 1. The SMILES string of the molecule is Cc1c(Br)sc2[nH]c(=O)n(C3CCNC3=O)c(=O)c12. The van der Waals surface area contributed by atoms with E-state index in [4.69, 9.17) is 0 Å². The van der Waals surface area contributed by atoms with E-state index >= 15 is 0 Å². The maximum atomic E-state index is 12.5. The van der Waals surface area contributed by atoms with Crippen LogP contribution in [0.3, 0.4) is 0 Å². The van der Waals surface area contributed by atoms with Gasteiger partial charge in [-0.05, 0) is 34.8 Å². The highest BCUT2D eigenvalue weighted by atomic mass is 79.9. The number of nitrogens with zero attached hydrogens (tertiary/aromatic N) is 1. The lowest BCUT2D eigenvalue weighted by molar-refractivity contribution is -0.122. The molecule has 2 N–H and O–H groups in total. The van der Waals surface area contributed by atoms with Crippen LogP contribution in [0.2, 0.25) is 0 Å². The average Bonchev–Trinajstić information content (AvgIpc) is 2.85. The summed E-state index contributed by atoms with van der Waals surface area (Å²) < 4.78 is 1.83. The van der Waals surface area contributed by atoms with E-state index in [-0.39, 0.29) is 5.91 Å². The van der Waals surface area contributed by atoms with E-state index in [0.29, 0.717) is 23.2 Å². The molecule has 1 saturated heterocycles. The number of nitrogens with one attached hydrogen (secondary N) is 2. The van der Waals surface area contributed by atoms with Crippen molar-refractivity contribution >= 4 is 43.4 Å². The Hall–Kier alpha value is -1.41. The first-order valence-electron chi connectivity index (χ1n) is 5.72. The fourth-order valence-corrected chi connectivity index (χ4v) is 3.91. The lowest BCUT2D eigenvalue weighted by Gasteiger charge is -2.09. The molecule has 1 atom stereocenters. The van der Waals surface area contributed by atoms with Crippen molar-refractivity contribution < 1.29 is 4.79 Å². The van der Waals surface area contributed by atoms with Crippen LogP contribution in [0, 0.1) is 6.92 Å². The topological polar surface area (TPSA) is 84.0 Å². The molecule has 0 saturated carbocycles. The van der Waals surface area contributed by atoms with Crippen LogP contribution < -0.4 is 16.6 Å². The van der Waals surface area contributed by atoms with Crippen molar-refractivity contribution in [1.29, 1.82) is 0 Å². The molecule has 1 unspecified atom stereocenters. The number of carbonyl (C=O) groups excluding carboxylic acids is 1. The van der Waals surface area contributed by atoms with Gasteiger partial charge >= 0.3 is 5.69 Å². The lowest BCUT2D eigenvalue weighted by atomic mass is 10.2. The fraction of sp³-hybridized carbons (Fsp3) is 0.364. The zero-order chi connectivity index (χ0) is 13.7. The highest BCUT2D eigenvalue weighted by molar-refractivity contribution is 9.11. The third kappa shape index (κ3) is 1.78. The third-order valence-electron chi connectivity index (χ3n) is 3.29. The Morgan fingerprint density at radius 1 is 1.37 bits per heavy atom. The van der Waals surface area contributed by atoms with Crippen LogP contribution in [-0.4, -0.2) is 22.0 Å². The van der Waals surface area contributed by atoms with Gasteiger partial charge in [-0.15, -0.1) is 11.3 Å². The van der Waals surface area contributed by atoms with Gasteiger partial charge in [0.25, 0.3) is 5.56 Å². The molecule has 0 bridgehead atoms. The second-order valence-corrected chi connectivity index (χ2v) is 6.74. The molecule has 0 aliphatic carbocycles. The second-order valence-electron chi connectivity index (χ2n) is 4.41. The number of rotatable bonds is 1. The molecule has 0 spiro atoms. The molecule has 0 aromatic carbocycles. The van der Waals surface area contributed by atoms with Gasteiger partial charge in [-0.25, -0.2) is 9.36 Å².